The fourth-order valence-electron chi connectivity index (χ4n) is 1.49. The minimum atomic E-state index is -0.138. The Morgan fingerprint density at radius 3 is 3.00 bits per heavy atom. The quantitative estimate of drug-likeness (QED) is 0.792. The van der Waals surface area contributed by atoms with Gasteiger partial charge in [-0.05, 0) is 19.9 Å². The molecule has 0 bridgehead atoms. The number of rotatable bonds is 2. The van der Waals surface area contributed by atoms with Crippen molar-refractivity contribution in [2.24, 2.45) is 0 Å². The smallest absolute Gasteiger partial charge is 0.251 e. The SMILES string of the molecule is CCn1nccc1-c1nc(C)cc(=O)[nH]1. The molecule has 1 N–H and O–H groups in total. The molecule has 0 aliphatic heterocycles. The average molecular weight is 204 g/mol. The topological polar surface area (TPSA) is 63.6 Å². The lowest BCUT2D eigenvalue weighted by molar-refractivity contribution is 0.663. The summed E-state index contributed by atoms with van der Waals surface area (Å²) in [5.41, 5.74) is 1.40. The summed E-state index contributed by atoms with van der Waals surface area (Å²) in [7, 11) is 0. The maximum absolute atomic E-state index is 11.3. The second kappa shape index (κ2) is 3.68. The molecule has 0 fully saturated rings. The van der Waals surface area contributed by atoms with E-state index < -0.39 is 0 Å². The highest BCUT2D eigenvalue weighted by Crippen LogP contribution is 2.12. The van der Waals surface area contributed by atoms with Gasteiger partial charge >= 0.3 is 0 Å². The Morgan fingerprint density at radius 2 is 2.33 bits per heavy atom. The fourth-order valence-corrected chi connectivity index (χ4v) is 1.49. The molecule has 2 aromatic rings. The monoisotopic (exact) mass is 204 g/mol. The van der Waals surface area contributed by atoms with Crippen LogP contribution < -0.4 is 5.56 Å². The van der Waals surface area contributed by atoms with Crippen molar-refractivity contribution in [2.45, 2.75) is 20.4 Å². The van der Waals surface area contributed by atoms with Crippen LogP contribution in [-0.4, -0.2) is 19.7 Å². The molecule has 5 heteroatoms. The van der Waals surface area contributed by atoms with E-state index >= 15 is 0 Å². The van der Waals surface area contributed by atoms with Crippen LogP contribution in [0.2, 0.25) is 0 Å². The van der Waals surface area contributed by atoms with Crippen molar-refractivity contribution in [3.63, 3.8) is 0 Å². The van der Waals surface area contributed by atoms with Crippen LogP contribution in [0.5, 0.6) is 0 Å². The number of nitrogens with one attached hydrogen (secondary N) is 1. The van der Waals surface area contributed by atoms with Gasteiger partial charge in [0.05, 0.1) is 0 Å². The summed E-state index contributed by atoms with van der Waals surface area (Å²) in [6.07, 6.45) is 1.70. The first-order valence-corrected chi connectivity index (χ1v) is 4.81. The van der Waals surface area contributed by atoms with Crippen LogP contribution in [-0.2, 0) is 6.54 Å². The molecule has 0 aliphatic rings. The van der Waals surface area contributed by atoms with E-state index in [-0.39, 0.29) is 5.56 Å². The van der Waals surface area contributed by atoms with Gasteiger partial charge in [0.15, 0.2) is 5.82 Å². The molecule has 0 radical (unpaired) electrons. The Bertz CT molecular complexity index is 526. The number of nitrogens with zero attached hydrogens (tertiary/aromatic N) is 3. The van der Waals surface area contributed by atoms with Crippen molar-refractivity contribution in [1.29, 1.82) is 0 Å². The highest BCUT2D eigenvalue weighted by molar-refractivity contribution is 5.48. The summed E-state index contributed by atoms with van der Waals surface area (Å²) < 4.78 is 1.79. The lowest BCUT2D eigenvalue weighted by atomic mass is 10.3. The van der Waals surface area contributed by atoms with E-state index in [0.29, 0.717) is 11.5 Å². The van der Waals surface area contributed by atoms with E-state index in [9.17, 15) is 4.79 Å². The molecule has 0 atom stereocenters. The minimum absolute atomic E-state index is 0.138. The molecule has 2 aromatic heterocycles. The second-order valence-corrected chi connectivity index (χ2v) is 3.27. The summed E-state index contributed by atoms with van der Waals surface area (Å²) in [6.45, 7) is 4.54. The Labute approximate surface area is 86.8 Å². The summed E-state index contributed by atoms with van der Waals surface area (Å²) in [5.74, 6) is 0.569. The van der Waals surface area contributed by atoms with Crippen LogP contribution in [0, 0.1) is 6.92 Å². The molecule has 0 aliphatic carbocycles. The van der Waals surface area contributed by atoms with Crippen molar-refractivity contribution >= 4 is 0 Å². The third kappa shape index (κ3) is 1.81. The van der Waals surface area contributed by atoms with E-state index in [1.165, 1.54) is 6.07 Å². The molecule has 0 aromatic carbocycles. The lowest BCUT2D eigenvalue weighted by Crippen LogP contribution is -2.11. The highest BCUT2D eigenvalue weighted by Gasteiger charge is 2.06. The summed E-state index contributed by atoms with van der Waals surface area (Å²) in [5, 5.41) is 4.13. The molecule has 15 heavy (non-hydrogen) atoms. The maximum Gasteiger partial charge on any atom is 0.251 e. The Morgan fingerprint density at radius 1 is 1.53 bits per heavy atom. The van der Waals surface area contributed by atoms with Gasteiger partial charge in [0, 0.05) is 24.5 Å². The first-order chi connectivity index (χ1) is 7.20. The largest absolute Gasteiger partial charge is 0.305 e. The Balaban J connectivity index is 2.58. The second-order valence-electron chi connectivity index (χ2n) is 3.27. The van der Waals surface area contributed by atoms with Crippen molar-refractivity contribution < 1.29 is 0 Å². The van der Waals surface area contributed by atoms with E-state index in [1.54, 1.807) is 17.8 Å². The summed E-state index contributed by atoms with van der Waals surface area (Å²) in [6, 6.07) is 3.30. The normalized spacial score (nSPS) is 10.5. The van der Waals surface area contributed by atoms with Crippen LogP contribution in [0.3, 0.4) is 0 Å². The number of aromatic nitrogens is 4. The molecule has 5 nitrogen and oxygen atoms in total. The number of aryl methyl sites for hydroxylation is 2. The van der Waals surface area contributed by atoms with Gasteiger partial charge in [-0.15, -0.1) is 0 Å². The Hall–Kier alpha value is -1.91. The van der Waals surface area contributed by atoms with Crippen LogP contribution in [0.1, 0.15) is 12.6 Å². The minimum Gasteiger partial charge on any atom is -0.305 e. The first kappa shape index (κ1) is 9.64. The molecule has 0 amide bonds. The van der Waals surface area contributed by atoms with Gasteiger partial charge in [-0.25, -0.2) is 4.98 Å². The zero-order valence-electron chi connectivity index (χ0n) is 8.69. The van der Waals surface area contributed by atoms with Gasteiger partial charge in [-0.3, -0.25) is 9.48 Å². The van der Waals surface area contributed by atoms with E-state index in [2.05, 4.69) is 15.1 Å². The van der Waals surface area contributed by atoms with Crippen molar-refractivity contribution in [1.82, 2.24) is 19.7 Å². The molecule has 0 saturated heterocycles. The van der Waals surface area contributed by atoms with Gasteiger partial charge in [0.1, 0.15) is 5.69 Å². The van der Waals surface area contributed by atoms with Crippen LogP contribution >= 0.6 is 0 Å². The zero-order chi connectivity index (χ0) is 10.8. The van der Waals surface area contributed by atoms with Crippen molar-refractivity contribution in [3.05, 3.63) is 34.4 Å². The van der Waals surface area contributed by atoms with Gasteiger partial charge in [0.2, 0.25) is 0 Å². The molecule has 2 heterocycles. The van der Waals surface area contributed by atoms with Crippen LogP contribution in [0.15, 0.2) is 23.1 Å². The van der Waals surface area contributed by atoms with Gasteiger partial charge in [-0.2, -0.15) is 5.10 Å². The molecule has 0 saturated carbocycles. The zero-order valence-corrected chi connectivity index (χ0v) is 8.69. The van der Waals surface area contributed by atoms with Crippen molar-refractivity contribution in [3.8, 4) is 11.5 Å². The number of aromatic amines is 1. The van der Waals surface area contributed by atoms with Crippen molar-refractivity contribution in [2.75, 3.05) is 0 Å². The van der Waals surface area contributed by atoms with Crippen LogP contribution in [0.25, 0.3) is 11.5 Å². The number of H-pyrrole nitrogens is 1. The predicted molar refractivity (Wildman–Crippen MR) is 56.5 cm³/mol. The molecule has 78 valence electrons. The van der Waals surface area contributed by atoms with E-state index in [1.807, 2.05) is 13.0 Å². The third-order valence-electron chi connectivity index (χ3n) is 2.13. The Kier molecular flexibility index (Phi) is 2.37. The highest BCUT2D eigenvalue weighted by atomic mass is 16.1. The van der Waals surface area contributed by atoms with Gasteiger partial charge < -0.3 is 4.98 Å². The standard InChI is InChI=1S/C10H12N4O/c1-3-14-8(4-5-11-14)10-12-7(2)6-9(15)13-10/h4-6H,3H2,1-2H3,(H,12,13,15). The first-order valence-electron chi connectivity index (χ1n) is 4.81. The lowest BCUT2D eigenvalue weighted by Gasteiger charge is -2.03. The molecule has 2 rings (SSSR count). The fraction of sp³-hybridized carbons (Fsp3) is 0.300. The van der Waals surface area contributed by atoms with Gasteiger partial charge in [0.25, 0.3) is 5.56 Å². The van der Waals surface area contributed by atoms with Gasteiger partial charge in [-0.1, -0.05) is 0 Å². The molecule has 0 spiro atoms. The summed E-state index contributed by atoms with van der Waals surface area (Å²) >= 11 is 0. The van der Waals surface area contributed by atoms with E-state index in [4.69, 9.17) is 0 Å². The average Bonchev–Trinajstić information content (AvgIpc) is 2.63. The van der Waals surface area contributed by atoms with Crippen LogP contribution in [0.4, 0.5) is 0 Å². The molecular formula is C10H12N4O. The molecule has 0 unspecified atom stereocenters. The predicted octanol–water partition coefficient (Wildman–Crippen LogP) is 0.962. The summed E-state index contributed by atoms with van der Waals surface area (Å²) in [4.78, 5) is 18.2. The number of hydrogen-bond donors (Lipinski definition) is 1. The molecular weight excluding hydrogens is 192 g/mol. The maximum atomic E-state index is 11.3. The third-order valence-corrected chi connectivity index (χ3v) is 2.13. The van der Waals surface area contributed by atoms with E-state index in [0.717, 1.165) is 12.2 Å². The number of hydrogen-bond acceptors (Lipinski definition) is 3.